The van der Waals surface area contributed by atoms with Gasteiger partial charge < -0.3 is 19.3 Å². The minimum absolute atomic E-state index is 0.0562. The monoisotopic (exact) mass is 551 g/mol. The van der Waals surface area contributed by atoms with E-state index < -0.39 is 10.9 Å². The summed E-state index contributed by atoms with van der Waals surface area (Å²) in [6.07, 6.45) is 4.58. The van der Waals surface area contributed by atoms with E-state index in [0.717, 1.165) is 36.0 Å². The number of aryl methyl sites for hydroxylation is 1. The summed E-state index contributed by atoms with van der Waals surface area (Å²) in [4.78, 5) is 34.4. The van der Waals surface area contributed by atoms with Crippen LogP contribution in [0.2, 0.25) is 0 Å². The number of β-lactam (4-membered cyclic amide) rings is 1. The maximum Gasteiger partial charge on any atom is 0.384 e. The van der Waals surface area contributed by atoms with Crippen molar-refractivity contribution in [3.8, 4) is 17.6 Å². The molecule has 39 heavy (non-hydrogen) atoms. The number of piperidine rings is 1. The SMILES string of the molecule is CCc1cnc(OC2(c3cnno3)CCNCC2C(C)C)nc1Oc1ccccc1C1C2SC(=O)[N+]1(C)C2=O. The van der Waals surface area contributed by atoms with Crippen molar-refractivity contribution in [2.24, 2.45) is 11.8 Å². The van der Waals surface area contributed by atoms with Gasteiger partial charge in [-0.05, 0) is 31.0 Å². The zero-order chi connectivity index (χ0) is 27.4. The number of nitrogens with one attached hydrogen (secondary N) is 1. The molecule has 12 heteroatoms. The summed E-state index contributed by atoms with van der Waals surface area (Å²) in [5.41, 5.74) is 0.756. The number of hydrogen-bond donors (Lipinski definition) is 1. The van der Waals surface area contributed by atoms with Gasteiger partial charge in [0, 0.05) is 47.7 Å². The van der Waals surface area contributed by atoms with Gasteiger partial charge in [0.05, 0.1) is 18.8 Å². The highest BCUT2D eigenvalue weighted by molar-refractivity contribution is 8.15. The van der Waals surface area contributed by atoms with Crippen molar-refractivity contribution in [2.45, 2.75) is 50.5 Å². The summed E-state index contributed by atoms with van der Waals surface area (Å²) in [7, 11) is 1.68. The normalized spacial score (nSPS) is 29.9. The summed E-state index contributed by atoms with van der Waals surface area (Å²) < 4.78 is 18.4. The average Bonchev–Trinajstić information content (AvgIpc) is 3.63. The molecule has 2 aromatic heterocycles. The number of carbonyl (C=O) groups is 2. The van der Waals surface area contributed by atoms with Crippen LogP contribution < -0.4 is 14.8 Å². The number of hydrogen-bond acceptors (Lipinski definition) is 11. The van der Waals surface area contributed by atoms with Crippen LogP contribution in [0.3, 0.4) is 0 Å². The smallest absolute Gasteiger partial charge is 0.384 e. The summed E-state index contributed by atoms with van der Waals surface area (Å²) in [6.45, 7) is 7.75. The van der Waals surface area contributed by atoms with Crippen LogP contribution in [-0.2, 0) is 16.8 Å². The van der Waals surface area contributed by atoms with E-state index in [9.17, 15) is 9.59 Å². The highest BCUT2D eigenvalue weighted by Gasteiger charge is 2.75. The third-order valence-corrected chi connectivity index (χ3v) is 9.57. The molecular weight excluding hydrogens is 520 g/mol. The molecule has 3 aromatic rings. The van der Waals surface area contributed by atoms with Crippen LogP contribution in [0.5, 0.6) is 17.6 Å². The van der Waals surface area contributed by atoms with Gasteiger partial charge in [0.2, 0.25) is 11.6 Å². The maximum atomic E-state index is 12.6. The van der Waals surface area contributed by atoms with E-state index in [1.54, 1.807) is 19.4 Å². The van der Waals surface area contributed by atoms with E-state index in [2.05, 4.69) is 34.5 Å². The predicted octanol–water partition coefficient (Wildman–Crippen LogP) is 4.02. The molecule has 0 spiro atoms. The number of carbonyl (C=O) groups excluding carboxylic acids is 2. The van der Waals surface area contributed by atoms with E-state index in [4.69, 9.17) is 19.0 Å². The molecule has 11 nitrogen and oxygen atoms in total. The minimum Gasteiger partial charge on any atom is -0.448 e. The topological polar surface area (TPSA) is 129 Å². The maximum absolute atomic E-state index is 12.6. The largest absolute Gasteiger partial charge is 0.448 e. The van der Waals surface area contributed by atoms with Crippen LogP contribution in [0.4, 0.5) is 4.79 Å². The summed E-state index contributed by atoms with van der Waals surface area (Å²) in [5, 5.41) is 10.5. The highest BCUT2D eigenvalue weighted by atomic mass is 32.2. The Hall–Kier alpha value is -3.35. The molecule has 4 aliphatic rings. The van der Waals surface area contributed by atoms with Crippen molar-refractivity contribution < 1.29 is 28.1 Å². The van der Waals surface area contributed by atoms with Gasteiger partial charge in [-0.15, -0.1) is 5.10 Å². The Bertz CT molecular complexity index is 1410. The number of amides is 2. The van der Waals surface area contributed by atoms with Crippen LogP contribution in [0.25, 0.3) is 0 Å². The summed E-state index contributed by atoms with van der Waals surface area (Å²) in [6, 6.07) is 7.37. The Labute approximate surface area is 230 Å². The van der Waals surface area contributed by atoms with Gasteiger partial charge in [0.1, 0.15) is 5.75 Å². The van der Waals surface area contributed by atoms with Crippen LogP contribution in [0, 0.1) is 11.8 Å². The Morgan fingerprint density at radius 3 is 2.74 bits per heavy atom. The number of para-hydroxylation sites is 1. The number of fused-ring (bicyclic) bond motifs is 1. The Morgan fingerprint density at radius 2 is 2.08 bits per heavy atom. The lowest BCUT2D eigenvalue weighted by molar-refractivity contribution is -0.803. The zero-order valence-electron chi connectivity index (χ0n) is 22.3. The van der Waals surface area contributed by atoms with Gasteiger partial charge in [0.15, 0.2) is 16.9 Å². The van der Waals surface area contributed by atoms with Crippen LogP contribution in [0.15, 0.2) is 41.2 Å². The molecule has 1 aromatic carbocycles. The number of nitrogens with zero attached hydrogens (tertiary/aromatic N) is 5. The molecule has 204 valence electrons. The molecule has 2 bridgehead atoms. The molecule has 4 fully saturated rings. The first-order valence-electron chi connectivity index (χ1n) is 13.2. The molecule has 7 rings (SSSR count). The van der Waals surface area contributed by atoms with E-state index in [1.807, 2.05) is 31.2 Å². The summed E-state index contributed by atoms with van der Waals surface area (Å²) in [5.74, 6) is 1.71. The van der Waals surface area contributed by atoms with Crippen molar-refractivity contribution in [2.75, 3.05) is 20.1 Å². The standard InChI is InChI=1S/C27H31N6O5S/c1-5-16-12-29-25(37-27(20-14-30-32-38-20)10-11-28-13-18(27)15(2)3)31-23(16)36-19-9-7-6-8-17(19)21-22-24(34)33(21,4)26(35)39-22/h6-9,12,14-15,18,21-22,28H,5,10-11,13H2,1-4H3/q+1. The van der Waals surface area contributed by atoms with Gasteiger partial charge in [-0.25, -0.2) is 14.6 Å². The van der Waals surface area contributed by atoms with Crippen molar-refractivity contribution in [3.05, 3.63) is 53.5 Å². The Kier molecular flexibility index (Phi) is 6.43. The first kappa shape index (κ1) is 25.9. The molecule has 4 aliphatic heterocycles. The van der Waals surface area contributed by atoms with Gasteiger partial charge in [0.25, 0.3) is 0 Å². The van der Waals surface area contributed by atoms with Gasteiger partial charge in [-0.2, -0.15) is 9.47 Å². The molecule has 6 heterocycles. The van der Waals surface area contributed by atoms with E-state index >= 15 is 0 Å². The molecular formula is C27H31N6O5S+. The van der Waals surface area contributed by atoms with Crippen LogP contribution in [-0.4, -0.2) is 61.4 Å². The third kappa shape index (κ3) is 3.95. The highest BCUT2D eigenvalue weighted by Crippen LogP contribution is 2.58. The number of imide groups is 1. The van der Waals surface area contributed by atoms with Gasteiger partial charge in [-0.1, -0.05) is 32.9 Å². The van der Waals surface area contributed by atoms with Crippen molar-refractivity contribution in [1.29, 1.82) is 0 Å². The van der Waals surface area contributed by atoms with Crippen LogP contribution in [0.1, 0.15) is 50.1 Å². The quantitative estimate of drug-likeness (QED) is 0.322. The lowest BCUT2D eigenvalue weighted by Gasteiger charge is -2.43. The van der Waals surface area contributed by atoms with Crippen molar-refractivity contribution in [3.63, 3.8) is 0 Å². The lowest BCUT2D eigenvalue weighted by Crippen LogP contribution is -2.63. The van der Waals surface area contributed by atoms with E-state index in [0.29, 0.717) is 30.2 Å². The van der Waals surface area contributed by atoms with Gasteiger partial charge >= 0.3 is 17.2 Å². The molecule has 0 saturated carbocycles. The fourth-order valence-corrected chi connectivity index (χ4v) is 7.51. The van der Waals surface area contributed by atoms with Crippen LogP contribution >= 0.6 is 11.8 Å². The van der Waals surface area contributed by atoms with E-state index in [-0.39, 0.29) is 39.5 Å². The number of benzene rings is 1. The fourth-order valence-electron chi connectivity index (χ4n) is 6.04. The molecule has 0 aliphatic carbocycles. The van der Waals surface area contributed by atoms with E-state index in [1.165, 1.54) is 0 Å². The second kappa shape index (κ2) is 9.68. The third-order valence-electron chi connectivity index (χ3n) is 8.27. The number of rotatable bonds is 8. The fraction of sp³-hybridized carbons (Fsp3) is 0.481. The van der Waals surface area contributed by atoms with Gasteiger partial charge in [-0.3, -0.25) is 0 Å². The molecule has 5 unspecified atom stereocenters. The Morgan fingerprint density at radius 1 is 1.26 bits per heavy atom. The molecule has 0 radical (unpaired) electrons. The Balaban J connectivity index is 1.35. The molecule has 2 amide bonds. The number of aromatic nitrogens is 4. The number of quaternary nitrogens is 1. The second-order valence-electron chi connectivity index (χ2n) is 10.7. The molecule has 1 N–H and O–H groups in total. The average molecular weight is 552 g/mol. The molecule has 4 saturated heterocycles. The van der Waals surface area contributed by atoms with Crippen molar-refractivity contribution in [1.82, 2.24) is 25.7 Å². The minimum atomic E-state index is -0.846. The number of thioether (sulfide) groups is 1. The molecule has 5 atom stereocenters. The first-order valence-corrected chi connectivity index (χ1v) is 14.1. The zero-order valence-corrected chi connectivity index (χ0v) is 23.1. The van der Waals surface area contributed by atoms with Crippen molar-refractivity contribution >= 4 is 22.9 Å². The number of ether oxygens (including phenoxy) is 2. The second-order valence-corrected chi connectivity index (χ2v) is 11.8. The lowest BCUT2D eigenvalue weighted by atomic mass is 9.74. The summed E-state index contributed by atoms with van der Waals surface area (Å²) >= 11 is 1.11. The predicted molar refractivity (Wildman–Crippen MR) is 141 cm³/mol. The first-order chi connectivity index (χ1) is 18.8.